The van der Waals surface area contributed by atoms with Crippen molar-refractivity contribution >= 4 is 15.9 Å². The van der Waals surface area contributed by atoms with Crippen LogP contribution < -0.4 is 4.74 Å². The second-order valence-electron chi connectivity index (χ2n) is 4.75. The number of hydrogen-bond donors (Lipinski definition) is 0. The van der Waals surface area contributed by atoms with Crippen molar-refractivity contribution in [1.29, 1.82) is 0 Å². The minimum absolute atomic E-state index is 0.585. The highest BCUT2D eigenvalue weighted by Gasteiger charge is 2.05. The molecule has 0 radical (unpaired) electrons. The molecule has 2 nitrogen and oxygen atoms in total. The van der Waals surface area contributed by atoms with Gasteiger partial charge in [-0.3, -0.25) is 0 Å². The monoisotopic (exact) mass is 319 g/mol. The average molecular weight is 320 g/mol. The minimum atomic E-state index is 0.585. The fourth-order valence-electron chi connectivity index (χ4n) is 1.79. The fourth-order valence-corrected chi connectivity index (χ4v) is 2.01. The van der Waals surface area contributed by atoms with Crippen LogP contribution in [0.3, 0.4) is 0 Å². The first-order chi connectivity index (χ1) is 9.10. The summed E-state index contributed by atoms with van der Waals surface area (Å²) in [5.41, 5.74) is 2.45. The summed E-state index contributed by atoms with van der Waals surface area (Å²) >= 11 is 3.43. The molecule has 1 atom stereocenters. The zero-order valence-electron chi connectivity index (χ0n) is 11.5. The molecule has 0 fully saturated rings. The predicted octanol–water partition coefficient (Wildman–Crippen LogP) is 5.46. The Morgan fingerprint density at radius 1 is 1.26 bits per heavy atom. The highest BCUT2D eigenvalue weighted by Crippen LogP contribution is 2.26. The minimum Gasteiger partial charge on any atom is -0.439 e. The molecule has 1 aromatic carbocycles. The van der Waals surface area contributed by atoms with Crippen molar-refractivity contribution in [2.45, 2.75) is 33.1 Å². The van der Waals surface area contributed by atoms with Crippen molar-refractivity contribution in [3.05, 3.63) is 52.1 Å². The number of ether oxygens (including phenoxy) is 1. The van der Waals surface area contributed by atoms with E-state index in [1.807, 2.05) is 25.1 Å². The van der Waals surface area contributed by atoms with Gasteiger partial charge in [-0.1, -0.05) is 26.0 Å². The van der Waals surface area contributed by atoms with Gasteiger partial charge in [-0.05, 0) is 58.5 Å². The molecule has 0 aliphatic carbocycles. The fraction of sp³-hybridized carbons (Fsp3) is 0.312. The molecule has 3 heteroatoms. The van der Waals surface area contributed by atoms with E-state index in [1.54, 1.807) is 6.20 Å². The lowest BCUT2D eigenvalue weighted by Gasteiger charge is -2.10. The third-order valence-corrected chi connectivity index (χ3v) is 4.14. The third kappa shape index (κ3) is 3.57. The summed E-state index contributed by atoms with van der Waals surface area (Å²) in [7, 11) is 0. The lowest BCUT2D eigenvalue weighted by Crippen LogP contribution is -1.92. The number of aryl methyl sites for hydroxylation is 1. The highest BCUT2D eigenvalue weighted by molar-refractivity contribution is 9.10. The van der Waals surface area contributed by atoms with Gasteiger partial charge in [0.05, 0.1) is 0 Å². The molecule has 19 heavy (non-hydrogen) atoms. The van der Waals surface area contributed by atoms with E-state index < -0.39 is 0 Å². The van der Waals surface area contributed by atoms with Crippen LogP contribution in [0.5, 0.6) is 11.6 Å². The molecule has 0 amide bonds. The van der Waals surface area contributed by atoms with E-state index in [0.29, 0.717) is 11.8 Å². The van der Waals surface area contributed by atoms with Gasteiger partial charge in [0.15, 0.2) is 0 Å². The van der Waals surface area contributed by atoms with Crippen molar-refractivity contribution in [1.82, 2.24) is 4.98 Å². The summed E-state index contributed by atoms with van der Waals surface area (Å²) < 4.78 is 6.74. The molecule has 0 aliphatic heterocycles. The molecule has 0 aliphatic rings. The topological polar surface area (TPSA) is 22.1 Å². The number of nitrogens with zero attached hydrogens (tertiary/aromatic N) is 1. The molecule has 1 heterocycles. The Morgan fingerprint density at radius 3 is 2.53 bits per heavy atom. The second kappa shape index (κ2) is 6.20. The zero-order chi connectivity index (χ0) is 13.8. The normalized spacial score (nSPS) is 12.2. The average Bonchev–Trinajstić information content (AvgIpc) is 2.43. The van der Waals surface area contributed by atoms with E-state index in [1.165, 1.54) is 5.56 Å². The number of rotatable bonds is 4. The molecular formula is C16H18BrNO. The van der Waals surface area contributed by atoms with Crippen LogP contribution >= 0.6 is 15.9 Å². The quantitative estimate of drug-likeness (QED) is 0.746. The summed E-state index contributed by atoms with van der Waals surface area (Å²) in [6.45, 7) is 6.45. The van der Waals surface area contributed by atoms with Crippen LogP contribution in [0, 0.1) is 6.92 Å². The molecule has 1 aromatic heterocycles. The summed E-state index contributed by atoms with van der Waals surface area (Å²) in [6.07, 6.45) is 2.91. The molecule has 2 aromatic rings. The van der Waals surface area contributed by atoms with E-state index in [-0.39, 0.29) is 0 Å². The van der Waals surface area contributed by atoms with Gasteiger partial charge in [-0.15, -0.1) is 0 Å². The maximum atomic E-state index is 5.75. The van der Waals surface area contributed by atoms with Gasteiger partial charge < -0.3 is 4.74 Å². The Hall–Kier alpha value is -1.35. The van der Waals surface area contributed by atoms with Crippen LogP contribution in [-0.2, 0) is 0 Å². The van der Waals surface area contributed by atoms with Crippen LogP contribution in [0.1, 0.15) is 37.3 Å². The summed E-state index contributed by atoms with van der Waals surface area (Å²) in [5, 5.41) is 0. The van der Waals surface area contributed by atoms with Gasteiger partial charge in [0.1, 0.15) is 5.75 Å². The van der Waals surface area contributed by atoms with Crippen molar-refractivity contribution < 1.29 is 4.74 Å². The summed E-state index contributed by atoms with van der Waals surface area (Å²) in [5.74, 6) is 2.03. The highest BCUT2D eigenvalue weighted by atomic mass is 79.9. The molecule has 0 saturated carbocycles. The van der Waals surface area contributed by atoms with E-state index in [2.05, 4.69) is 46.9 Å². The Labute approximate surface area is 123 Å². The first kappa shape index (κ1) is 14.1. The van der Waals surface area contributed by atoms with Gasteiger partial charge in [0.2, 0.25) is 5.88 Å². The Balaban J connectivity index is 2.12. The number of aromatic nitrogens is 1. The van der Waals surface area contributed by atoms with Gasteiger partial charge in [-0.2, -0.15) is 0 Å². The van der Waals surface area contributed by atoms with Crippen molar-refractivity contribution in [3.63, 3.8) is 0 Å². The van der Waals surface area contributed by atoms with E-state index in [9.17, 15) is 0 Å². The lowest BCUT2D eigenvalue weighted by molar-refractivity contribution is 0.462. The van der Waals surface area contributed by atoms with Crippen molar-refractivity contribution in [2.24, 2.45) is 0 Å². The van der Waals surface area contributed by atoms with Gasteiger partial charge >= 0.3 is 0 Å². The van der Waals surface area contributed by atoms with Crippen LogP contribution in [0.15, 0.2) is 41.0 Å². The van der Waals surface area contributed by atoms with Gasteiger partial charge in [-0.25, -0.2) is 4.98 Å². The Kier molecular flexibility index (Phi) is 4.59. The molecular weight excluding hydrogens is 302 g/mol. The molecule has 0 N–H and O–H groups in total. The molecule has 0 spiro atoms. The largest absolute Gasteiger partial charge is 0.439 e. The molecule has 1 unspecified atom stereocenters. The number of pyridine rings is 1. The zero-order valence-corrected chi connectivity index (χ0v) is 13.1. The predicted molar refractivity (Wildman–Crippen MR) is 81.9 cm³/mol. The Morgan fingerprint density at radius 2 is 1.95 bits per heavy atom. The van der Waals surface area contributed by atoms with Crippen LogP contribution in [0.2, 0.25) is 0 Å². The van der Waals surface area contributed by atoms with E-state index in [4.69, 9.17) is 4.74 Å². The number of benzene rings is 1. The molecule has 0 saturated heterocycles. The van der Waals surface area contributed by atoms with E-state index >= 15 is 0 Å². The standard InChI is InChI=1S/C16H18BrNO/c1-4-11(2)13-5-7-14(8-6-13)19-16-9-12(3)15(17)10-18-16/h5-11H,4H2,1-3H3. The maximum Gasteiger partial charge on any atom is 0.219 e. The Bertz CT molecular complexity index is 551. The second-order valence-corrected chi connectivity index (χ2v) is 5.61. The van der Waals surface area contributed by atoms with Gasteiger partial charge in [0.25, 0.3) is 0 Å². The SMILES string of the molecule is CCC(C)c1ccc(Oc2cc(C)c(Br)cn2)cc1. The maximum absolute atomic E-state index is 5.75. The van der Waals surface area contributed by atoms with Crippen LogP contribution in [-0.4, -0.2) is 4.98 Å². The number of hydrogen-bond acceptors (Lipinski definition) is 2. The van der Waals surface area contributed by atoms with Crippen molar-refractivity contribution in [2.75, 3.05) is 0 Å². The summed E-state index contributed by atoms with van der Waals surface area (Å²) in [4.78, 5) is 4.24. The molecule has 100 valence electrons. The molecule has 2 rings (SSSR count). The van der Waals surface area contributed by atoms with E-state index in [0.717, 1.165) is 22.2 Å². The lowest BCUT2D eigenvalue weighted by atomic mass is 9.99. The first-order valence-corrected chi connectivity index (χ1v) is 7.29. The number of halogens is 1. The third-order valence-electron chi connectivity index (χ3n) is 3.31. The van der Waals surface area contributed by atoms with Crippen LogP contribution in [0.4, 0.5) is 0 Å². The molecule has 0 bridgehead atoms. The first-order valence-electron chi connectivity index (χ1n) is 6.50. The summed E-state index contributed by atoms with van der Waals surface area (Å²) in [6, 6.07) is 10.2. The van der Waals surface area contributed by atoms with Crippen molar-refractivity contribution in [3.8, 4) is 11.6 Å². The smallest absolute Gasteiger partial charge is 0.219 e. The van der Waals surface area contributed by atoms with Gasteiger partial charge in [0, 0.05) is 16.7 Å². The van der Waals surface area contributed by atoms with Crippen LogP contribution in [0.25, 0.3) is 0 Å².